The van der Waals surface area contributed by atoms with Crippen LogP contribution in [-0.2, 0) is 14.3 Å². The van der Waals surface area contributed by atoms with Crippen LogP contribution in [0.1, 0.15) is 17.3 Å². The predicted octanol–water partition coefficient (Wildman–Crippen LogP) is 1.13. The van der Waals surface area contributed by atoms with Gasteiger partial charge in [-0.05, 0) is 38.2 Å². The Morgan fingerprint density at radius 1 is 1.08 bits per heavy atom. The molecule has 7 nitrogen and oxygen atoms in total. The number of carbonyl (C=O) groups excluding carboxylic acids is 3. The molecule has 25 heavy (non-hydrogen) atoms. The molecule has 1 N–H and O–H groups in total. The SMILES string of the molecule is COC(=O)c1ccc(NC(=O)/C(C)=C/C(=O)N2CCN(C)CC2)cc1. The number of likely N-dealkylation sites (N-methyl/N-ethyl adjacent to an activating group) is 1. The van der Waals surface area contributed by atoms with Crippen molar-refractivity contribution in [1.29, 1.82) is 0 Å². The highest BCUT2D eigenvalue weighted by Gasteiger charge is 2.18. The standard InChI is InChI=1S/C18H23N3O4/c1-13(12-16(22)21-10-8-20(2)9-11-21)17(23)19-15-6-4-14(5-7-15)18(24)25-3/h4-7,12H,8-11H2,1-3H3,(H,19,23)/b13-12+. The molecule has 1 aromatic rings. The highest BCUT2D eigenvalue weighted by molar-refractivity contribution is 6.07. The molecule has 134 valence electrons. The van der Waals surface area contributed by atoms with Gasteiger partial charge in [-0.15, -0.1) is 0 Å². The second kappa shape index (κ2) is 8.43. The van der Waals surface area contributed by atoms with Gasteiger partial charge in [0.05, 0.1) is 12.7 Å². The number of amides is 2. The van der Waals surface area contributed by atoms with Crippen molar-refractivity contribution >= 4 is 23.5 Å². The summed E-state index contributed by atoms with van der Waals surface area (Å²) >= 11 is 0. The Morgan fingerprint density at radius 3 is 2.24 bits per heavy atom. The number of methoxy groups -OCH3 is 1. The Morgan fingerprint density at radius 2 is 1.68 bits per heavy atom. The van der Waals surface area contributed by atoms with Crippen LogP contribution >= 0.6 is 0 Å². The van der Waals surface area contributed by atoms with E-state index < -0.39 is 5.97 Å². The molecular formula is C18H23N3O4. The van der Waals surface area contributed by atoms with E-state index in [9.17, 15) is 14.4 Å². The van der Waals surface area contributed by atoms with Gasteiger partial charge in [-0.3, -0.25) is 9.59 Å². The fourth-order valence-electron chi connectivity index (χ4n) is 2.41. The molecule has 1 aliphatic rings. The van der Waals surface area contributed by atoms with Gasteiger partial charge in [0.15, 0.2) is 0 Å². The van der Waals surface area contributed by atoms with E-state index in [1.807, 2.05) is 7.05 Å². The van der Waals surface area contributed by atoms with Crippen LogP contribution in [0.15, 0.2) is 35.9 Å². The van der Waals surface area contributed by atoms with Crippen LogP contribution < -0.4 is 5.32 Å². The molecule has 2 rings (SSSR count). The van der Waals surface area contributed by atoms with E-state index in [0.29, 0.717) is 29.9 Å². The largest absolute Gasteiger partial charge is 0.465 e. The first-order valence-corrected chi connectivity index (χ1v) is 8.06. The summed E-state index contributed by atoms with van der Waals surface area (Å²) in [5.74, 6) is -0.943. The third-order valence-electron chi connectivity index (χ3n) is 4.08. The van der Waals surface area contributed by atoms with Crippen LogP contribution in [0.2, 0.25) is 0 Å². The Bertz CT molecular complexity index is 674. The molecule has 7 heteroatoms. The second-order valence-electron chi connectivity index (χ2n) is 5.98. The highest BCUT2D eigenvalue weighted by Crippen LogP contribution is 2.12. The predicted molar refractivity (Wildman–Crippen MR) is 94.2 cm³/mol. The molecular weight excluding hydrogens is 322 g/mol. The van der Waals surface area contributed by atoms with E-state index in [2.05, 4.69) is 15.0 Å². The van der Waals surface area contributed by atoms with Crippen LogP contribution in [0.25, 0.3) is 0 Å². The fraction of sp³-hybridized carbons (Fsp3) is 0.389. The lowest BCUT2D eigenvalue weighted by molar-refractivity contribution is -0.127. The summed E-state index contributed by atoms with van der Waals surface area (Å²) in [6.45, 7) is 4.59. The Labute approximate surface area is 147 Å². The number of piperazine rings is 1. The summed E-state index contributed by atoms with van der Waals surface area (Å²) in [4.78, 5) is 39.7. The molecule has 1 heterocycles. The fourth-order valence-corrected chi connectivity index (χ4v) is 2.41. The van der Waals surface area contributed by atoms with Gasteiger partial charge in [0.1, 0.15) is 0 Å². The van der Waals surface area contributed by atoms with Crippen molar-refractivity contribution in [2.75, 3.05) is 45.7 Å². The van der Waals surface area contributed by atoms with Crippen LogP contribution in [0.4, 0.5) is 5.69 Å². The number of nitrogens with zero attached hydrogens (tertiary/aromatic N) is 2. The van der Waals surface area contributed by atoms with Crippen molar-refractivity contribution < 1.29 is 19.1 Å². The molecule has 0 spiro atoms. The highest BCUT2D eigenvalue weighted by atomic mass is 16.5. The number of hydrogen-bond donors (Lipinski definition) is 1. The number of ether oxygens (including phenoxy) is 1. The van der Waals surface area contributed by atoms with E-state index in [-0.39, 0.29) is 11.8 Å². The zero-order valence-electron chi connectivity index (χ0n) is 14.7. The van der Waals surface area contributed by atoms with E-state index in [0.717, 1.165) is 13.1 Å². The zero-order chi connectivity index (χ0) is 18.4. The van der Waals surface area contributed by atoms with Crippen LogP contribution in [0.3, 0.4) is 0 Å². The molecule has 1 aliphatic heterocycles. The minimum Gasteiger partial charge on any atom is -0.465 e. The van der Waals surface area contributed by atoms with E-state index in [1.165, 1.54) is 13.2 Å². The lowest BCUT2D eigenvalue weighted by atomic mass is 10.2. The Kier molecular flexibility index (Phi) is 6.30. The number of esters is 1. The van der Waals surface area contributed by atoms with Crippen molar-refractivity contribution in [3.8, 4) is 0 Å². The molecule has 0 aliphatic carbocycles. The minimum atomic E-state index is -0.438. The van der Waals surface area contributed by atoms with Crippen LogP contribution in [0.5, 0.6) is 0 Å². The van der Waals surface area contributed by atoms with Crippen molar-refractivity contribution in [1.82, 2.24) is 9.80 Å². The maximum absolute atomic E-state index is 12.2. The molecule has 0 bridgehead atoms. The molecule has 2 amide bonds. The van der Waals surface area contributed by atoms with Gasteiger partial charge in [-0.2, -0.15) is 0 Å². The Hall–Kier alpha value is -2.67. The molecule has 0 radical (unpaired) electrons. The first kappa shape index (κ1) is 18.7. The summed E-state index contributed by atoms with van der Waals surface area (Å²) in [7, 11) is 3.32. The summed E-state index contributed by atoms with van der Waals surface area (Å²) in [5, 5.41) is 2.70. The number of carbonyl (C=O) groups is 3. The zero-order valence-corrected chi connectivity index (χ0v) is 14.7. The normalized spacial score (nSPS) is 15.6. The molecule has 1 fully saturated rings. The van der Waals surface area contributed by atoms with Crippen molar-refractivity contribution in [3.05, 3.63) is 41.5 Å². The first-order valence-electron chi connectivity index (χ1n) is 8.06. The van der Waals surface area contributed by atoms with Gasteiger partial charge in [0, 0.05) is 43.5 Å². The quantitative estimate of drug-likeness (QED) is 0.654. The maximum Gasteiger partial charge on any atom is 0.337 e. The molecule has 0 saturated carbocycles. The summed E-state index contributed by atoms with van der Waals surface area (Å²) in [6.07, 6.45) is 1.36. The topological polar surface area (TPSA) is 78.9 Å². The average molecular weight is 345 g/mol. The van der Waals surface area contributed by atoms with Gasteiger partial charge >= 0.3 is 5.97 Å². The summed E-state index contributed by atoms with van der Waals surface area (Å²) in [5.41, 5.74) is 1.27. The monoisotopic (exact) mass is 345 g/mol. The number of benzene rings is 1. The molecule has 1 aromatic carbocycles. The number of anilines is 1. The third-order valence-corrected chi connectivity index (χ3v) is 4.08. The average Bonchev–Trinajstić information content (AvgIpc) is 2.62. The first-order chi connectivity index (χ1) is 11.9. The second-order valence-corrected chi connectivity index (χ2v) is 5.98. The number of rotatable bonds is 4. The Balaban J connectivity index is 1.95. The van der Waals surface area contributed by atoms with Gasteiger partial charge in [-0.1, -0.05) is 0 Å². The lowest BCUT2D eigenvalue weighted by Gasteiger charge is -2.31. The van der Waals surface area contributed by atoms with Crippen molar-refractivity contribution in [2.45, 2.75) is 6.92 Å². The van der Waals surface area contributed by atoms with Gasteiger partial charge < -0.3 is 19.9 Å². The smallest absolute Gasteiger partial charge is 0.337 e. The van der Waals surface area contributed by atoms with Crippen molar-refractivity contribution in [2.24, 2.45) is 0 Å². The summed E-state index contributed by atoms with van der Waals surface area (Å²) in [6, 6.07) is 6.35. The molecule has 0 unspecified atom stereocenters. The minimum absolute atomic E-state index is 0.151. The molecule has 0 atom stereocenters. The number of nitrogens with one attached hydrogen (secondary N) is 1. The third kappa shape index (κ3) is 5.15. The van der Waals surface area contributed by atoms with Gasteiger partial charge in [0.2, 0.25) is 5.91 Å². The maximum atomic E-state index is 12.2. The number of hydrogen-bond acceptors (Lipinski definition) is 5. The molecule has 0 aromatic heterocycles. The van der Waals surface area contributed by atoms with Crippen LogP contribution in [0, 0.1) is 0 Å². The van der Waals surface area contributed by atoms with E-state index in [4.69, 9.17) is 0 Å². The van der Waals surface area contributed by atoms with E-state index >= 15 is 0 Å². The molecule has 1 saturated heterocycles. The van der Waals surface area contributed by atoms with Crippen molar-refractivity contribution in [3.63, 3.8) is 0 Å². The lowest BCUT2D eigenvalue weighted by Crippen LogP contribution is -2.46. The van der Waals surface area contributed by atoms with Crippen LogP contribution in [-0.4, -0.2) is 67.9 Å². The van der Waals surface area contributed by atoms with E-state index in [1.54, 1.807) is 36.1 Å². The van der Waals surface area contributed by atoms with Gasteiger partial charge in [-0.25, -0.2) is 4.79 Å². The van der Waals surface area contributed by atoms with Gasteiger partial charge in [0.25, 0.3) is 5.91 Å². The summed E-state index contributed by atoms with van der Waals surface area (Å²) < 4.78 is 4.62.